The normalized spacial score (nSPS) is 20.7. The number of amides is 2. The number of rotatable bonds is 4. The number of nitrogens with zero attached hydrogens (tertiary/aromatic N) is 4. The van der Waals surface area contributed by atoms with Crippen LogP contribution in [0.2, 0.25) is 0 Å². The third kappa shape index (κ3) is 4.66. The molecule has 0 saturated carbocycles. The molecule has 2 heterocycles. The summed E-state index contributed by atoms with van der Waals surface area (Å²) in [5, 5.41) is 25.1. The summed E-state index contributed by atoms with van der Waals surface area (Å²) in [6.45, 7) is 0.288. The van der Waals surface area contributed by atoms with E-state index in [-0.39, 0.29) is 11.8 Å². The summed E-state index contributed by atoms with van der Waals surface area (Å²) in [6.07, 6.45) is -8.28. The molecule has 1 aromatic carbocycles. The molecular weight excluding hydrogens is 452 g/mol. The smallest absolute Gasteiger partial charge is 0.416 e. The van der Waals surface area contributed by atoms with Gasteiger partial charge in [-0.2, -0.15) is 26.3 Å². The second-order valence-electron chi connectivity index (χ2n) is 6.84. The number of carbonyl (C=O) groups is 2. The standard InChI is InChI=1S/C17H13F6N5O4/c1-15(32)11(28(6-12(29)30)14(31)25-15)5-27-7-24-13(26-27)8-2-9(16(18,19)20)4-10(3-8)17(21,22)23/h2-5,7,32H,6H2,1H3,(H,25,31)(H,29,30)/b11-5-. The molecule has 0 bridgehead atoms. The Hall–Kier alpha value is -3.62. The van der Waals surface area contributed by atoms with E-state index in [4.69, 9.17) is 5.11 Å². The lowest BCUT2D eigenvalue weighted by Crippen LogP contribution is -2.38. The first-order valence-electron chi connectivity index (χ1n) is 8.55. The van der Waals surface area contributed by atoms with E-state index < -0.39 is 59.1 Å². The van der Waals surface area contributed by atoms with Gasteiger partial charge in [0.2, 0.25) is 0 Å². The molecule has 1 saturated heterocycles. The minimum atomic E-state index is -5.06. The third-order valence-electron chi connectivity index (χ3n) is 4.29. The van der Waals surface area contributed by atoms with Gasteiger partial charge in [0.25, 0.3) is 0 Å². The van der Waals surface area contributed by atoms with Crippen LogP contribution in [0.25, 0.3) is 17.6 Å². The molecule has 1 aromatic heterocycles. The maximum Gasteiger partial charge on any atom is 0.416 e. The number of urea groups is 1. The van der Waals surface area contributed by atoms with E-state index in [2.05, 4.69) is 15.4 Å². The Morgan fingerprint density at radius 2 is 1.72 bits per heavy atom. The van der Waals surface area contributed by atoms with E-state index in [1.807, 2.05) is 0 Å². The van der Waals surface area contributed by atoms with Gasteiger partial charge in [0.15, 0.2) is 11.5 Å². The van der Waals surface area contributed by atoms with Gasteiger partial charge in [0.05, 0.1) is 23.0 Å². The average Bonchev–Trinajstić information content (AvgIpc) is 3.18. The Kier molecular flexibility index (Phi) is 5.41. The van der Waals surface area contributed by atoms with Gasteiger partial charge in [-0.15, -0.1) is 5.10 Å². The number of carboxylic acids is 1. The molecule has 3 N–H and O–H groups in total. The lowest BCUT2D eigenvalue weighted by molar-refractivity contribution is -0.143. The molecule has 2 amide bonds. The Balaban J connectivity index is 2.05. The molecule has 1 fully saturated rings. The highest BCUT2D eigenvalue weighted by molar-refractivity contribution is 5.86. The fourth-order valence-corrected chi connectivity index (χ4v) is 2.88. The number of benzene rings is 1. The van der Waals surface area contributed by atoms with Crippen LogP contribution in [-0.4, -0.2) is 54.1 Å². The fraction of sp³-hybridized carbons (Fsp3) is 0.294. The summed E-state index contributed by atoms with van der Waals surface area (Å²) < 4.78 is 79.1. The van der Waals surface area contributed by atoms with Crippen molar-refractivity contribution in [3.63, 3.8) is 0 Å². The molecule has 9 nitrogen and oxygen atoms in total. The molecule has 32 heavy (non-hydrogen) atoms. The summed E-state index contributed by atoms with van der Waals surface area (Å²) in [4.78, 5) is 27.2. The lowest BCUT2D eigenvalue weighted by Gasteiger charge is -2.20. The molecule has 0 aliphatic carbocycles. The molecule has 172 valence electrons. The van der Waals surface area contributed by atoms with Crippen LogP contribution in [0.3, 0.4) is 0 Å². The van der Waals surface area contributed by atoms with Crippen molar-refractivity contribution in [2.75, 3.05) is 6.54 Å². The minimum absolute atomic E-state index is 0.0424. The Morgan fingerprint density at radius 1 is 1.16 bits per heavy atom. The number of alkyl halides is 6. The second-order valence-corrected chi connectivity index (χ2v) is 6.84. The molecule has 1 atom stereocenters. The first-order chi connectivity index (χ1) is 14.6. The Bertz CT molecular complexity index is 1070. The SMILES string of the molecule is CC1(O)NC(=O)N(CC(=O)O)/C1=C\n1cnc(-c2cc(C(F)(F)F)cc(C(F)(F)F)c2)n1. The summed E-state index contributed by atoms with van der Waals surface area (Å²) in [5.41, 5.74) is -6.02. The predicted molar refractivity (Wildman–Crippen MR) is 93.2 cm³/mol. The van der Waals surface area contributed by atoms with Gasteiger partial charge in [-0.3, -0.25) is 9.69 Å². The second kappa shape index (κ2) is 7.51. The van der Waals surface area contributed by atoms with Crippen LogP contribution in [0.5, 0.6) is 0 Å². The van der Waals surface area contributed by atoms with Gasteiger partial charge in [-0.1, -0.05) is 0 Å². The molecule has 0 spiro atoms. The van der Waals surface area contributed by atoms with E-state index in [0.29, 0.717) is 17.0 Å². The van der Waals surface area contributed by atoms with E-state index in [0.717, 1.165) is 24.1 Å². The zero-order valence-electron chi connectivity index (χ0n) is 15.9. The van der Waals surface area contributed by atoms with Crippen molar-refractivity contribution in [2.24, 2.45) is 0 Å². The highest BCUT2D eigenvalue weighted by atomic mass is 19.4. The van der Waals surface area contributed by atoms with Gasteiger partial charge < -0.3 is 15.5 Å². The van der Waals surface area contributed by atoms with E-state index >= 15 is 0 Å². The predicted octanol–water partition coefficient (Wildman–Crippen LogP) is 2.60. The molecule has 0 radical (unpaired) electrons. The van der Waals surface area contributed by atoms with E-state index in [1.165, 1.54) is 0 Å². The van der Waals surface area contributed by atoms with Gasteiger partial charge >= 0.3 is 24.4 Å². The highest BCUT2D eigenvalue weighted by Crippen LogP contribution is 2.38. The van der Waals surface area contributed by atoms with Crippen LogP contribution >= 0.6 is 0 Å². The maximum atomic E-state index is 13.1. The average molecular weight is 465 g/mol. The molecular formula is C17H13F6N5O4. The molecule has 3 rings (SSSR count). The van der Waals surface area contributed by atoms with Crippen molar-refractivity contribution in [1.82, 2.24) is 25.0 Å². The summed E-state index contributed by atoms with van der Waals surface area (Å²) in [6, 6.07) is -0.110. The van der Waals surface area contributed by atoms with Crippen LogP contribution < -0.4 is 5.32 Å². The largest absolute Gasteiger partial charge is 0.480 e. The van der Waals surface area contributed by atoms with Crippen LogP contribution in [-0.2, 0) is 17.1 Å². The summed E-state index contributed by atoms with van der Waals surface area (Å²) in [7, 11) is 0. The van der Waals surface area contributed by atoms with E-state index in [1.54, 1.807) is 0 Å². The van der Waals surface area contributed by atoms with Crippen molar-refractivity contribution in [1.29, 1.82) is 0 Å². The first kappa shape index (κ1) is 23.1. The Morgan fingerprint density at radius 3 is 2.22 bits per heavy atom. The molecule has 1 aliphatic rings. The number of hydrogen-bond acceptors (Lipinski definition) is 5. The van der Waals surface area contributed by atoms with Crippen molar-refractivity contribution in [3.05, 3.63) is 41.4 Å². The van der Waals surface area contributed by atoms with Crippen molar-refractivity contribution in [2.45, 2.75) is 25.0 Å². The zero-order chi connectivity index (χ0) is 24.1. The van der Waals surface area contributed by atoms with Crippen LogP contribution in [0.4, 0.5) is 31.1 Å². The minimum Gasteiger partial charge on any atom is -0.480 e. The van der Waals surface area contributed by atoms with Crippen LogP contribution in [0.1, 0.15) is 18.1 Å². The number of carboxylic acid groups (broad SMARTS) is 1. The topological polar surface area (TPSA) is 121 Å². The van der Waals surface area contributed by atoms with Crippen molar-refractivity contribution < 1.29 is 46.1 Å². The summed E-state index contributed by atoms with van der Waals surface area (Å²) >= 11 is 0. The van der Waals surface area contributed by atoms with Crippen molar-refractivity contribution >= 4 is 18.2 Å². The molecule has 2 aromatic rings. The number of hydrogen-bond donors (Lipinski definition) is 3. The van der Waals surface area contributed by atoms with Gasteiger partial charge in [-0.05, 0) is 25.1 Å². The quantitative estimate of drug-likeness (QED) is 0.597. The molecule has 1 unspecified atom stereocenters. The highest BCUT2D eigenvalue weighted by Gasteiger charge is 2.43. The first-order valence-corrected chi connectivity index (χ1v) is 8.55. The number of aliphatic carboxylic acids is 1. The number of nitrogens with one attached hydrogen (secondary N) is 1. The number of aromatic nitrogens is 3. The monoisotopic (exact) mass is 465 g/mol. The summed E-state index contributed by atoms with van der Waals surface area (Å²) in [5.74, 6) is -1.92. The zero-order valence-corrected chi connectivity index (χ0v) is 15.9. The maximum absolute atomic E-state index is 13.1. The van der Waals surface area contributed by atoms with Crippen LogP contribution in [0, 0.1) is 0 Å². The van der Waals surface area contributed by atoms with E-state index in [9.17, 15) is 41.0 Å². The fourth-order valence-electron chi connectivity index (χ4n) is 2.88. The van der Waals surface area contributed by atoms with Crippen molar-refractivity contribution in [3.8, 4) is 11.4 Å². The number of carbonyl (C=O) groups excluding carboxylic acids is 1. The molecule has 1 aliphatic heterocycles. The Labute approximate surface area is 174 Å². The van der Waals surface area contributed by atoms with Gasteiger partial charge in [0.1, 0.15) is 12.9 Å². The molecule has 15 heteroatoms. The van der Waals surface area contributed by atoms with Gasteiger partial charge in [0, 0.05) is 5.56 Å². The number of aliphatic hydroxyl groups is 1. The lowest BCUT2D eigenvalue weighted by atomic mass is 10.0. The number of halogens is 6. The van der Waals surface area contributed by atoms with Gasteiger partial charge in [-0.25, -0.2) is 14.5 Å². The van der Waals surface area contributed by atoms with Crippen LogP contribution in [0.15, 0.2) is 30.2 Å². The third-order valence-corrected chi connectivity index (χ3v) is 4.29.